The van der Waals surface area contributed by atoms with E-state index in [2.05, 4.69) is 10.3 Å². The first-order valence-electron chi connectivity index (χ1n) is 10.2. The lowest BCUT2D eigenvalue weighted by molar-refractivity contribution is -0.137. The van der Waals surface area contributed by atoms with Gasteiger partial charge in [0.05, 0.1) is 17.2 Å². The number of sulfone groups is 1. The molecule has 13 heteroatoms. The van der Waals surface area contributed by atoms with Crippen LogP contribution in [0.15, 0.2) is 47.6 Å². The van der Waals surface area contributed by atoms with E-state index in [1.165, 1.54) is 0 Å². The Morgan fingerprint density at radius 3 is 2.20 bits per heavy atom. The lowest BCUT2D eigenvalue weighted by Crippen LogP contribution is -2.36. The Labute approximate surface area is 196 Å². The molecule has 1 N–H and O–H groups in total. The van der Waals surface area contributed by atoms with Gasteiger partial charge in [-0.3, -0.25) is 4.79 Å². The molecule has 1 aliphatic rings. The molecule has 1 amide bonds. The van der Waals surface area contributed by atoms with Gasteiger partial charge in [-0.1, -0.05) is 0 Å². The summed E-state index contributed by atoms with van der Waals surface area (Å²) < 4.78 is 108. The van der Waals surface area contributed by atoms with Gasteiger partial charge in [0.15, 0.2) is 0 Å². The average molecular weight is 522 g/mol. The van der Waals surface area contributed by atoms with Crippen molar-refractivity contribution in [3.05, 3.63) is 64.5 Å². The standard InChI is InChI=1S/C22H20F6N2O4S/c1-21(24,25)15-9-10-16(19(31)29-17(12-3-4-12)11-18(23)35(2,32)33)30-20(15)34-14-7-5-13(6-8-14)22(26,27)28/h5-12,17H,3-4H2,1-2H3,(H,29,31)/b18-11+/t17-/m1/s1. The number of alkyl halides is 5. The van der Waals surface area contributed by atoms with Gasteiger partial charge in [-0.15, -0.1) is 0 Å². The number of halogens is 6. The van der Waals surface area contributed by atoms with Crippen LogP contribution in [-0.4, -0.2) is 31.6 Å². The Balaban J connectivity index is 1.89. The topological polar surface area (TPSA) is 85.4 Å². The van der Waals surface area contributed by atoms with Crippen molar-refractivity contribution in [2.45, 2.75) is 37.9 Å². The summed E-state index contributed by atoms with van der Waals surface area (Å²) in [7, 11) is -4.13. The summed E-state index contributed by atoms with van der Waals surface area (Å²) in [5.41, 5.74) is -2.11. The number of nitrogens with one attached hydrogen (secondary N) is 1. The summed E-state index contributed by atoms with van der Waals surface area (Å²) in [4.78, 5) is 16.5. The average Bonchev–Trinajstić information content (AvgIpc) is 3.56. The zero-order valence-corrected chi connectivity index (χ0v) is 19.2. The van der Waals surface area contributed by atoms with Gasteiger partial charge in [0.2, 0.25) is 20.9 Å². The predicted molar refractivity (Wildman–Crippen MR) is 113 cm³/mol. The Kier molecular flexibility index (Phi) is 7.21. The van der Waals surface area contributed by atoms with E-state index in [4.69, 9.17) is 4.74 Å². The van der Waals surface area contributed by atoms with Crippen LogP contribution in [0.25, 0.3) is 0 Å². The Bertz CT molecular complexity index is 1230. The molecule has 190 valence electrons. The molecule has 0 spiro atoms. The minimum atomic E-state index is -4.61. The molecular formula is C22H20F6N2O4S. The van der Waals surface area contributed by atoms with Gasteiger partial charge in [-0.2, -0.15) is 17.6 Å². The molecule has 0 radical (unpaired) electrons. The first-order valence-corrected chi connectivity index (χ1v) is 12.1. The van der Waals surface area contributed by atoms with Gasteiger partial charge < -0.3 is 10.1 Å². The smallest absolute Gasteiger partial charge is 0.416 e. The first kappa shape index (κ1) is 26.5. The number of hydrogen-bond donors (Lipinski definition) is 1. The van der Waals surface area contributed by atoms with Crippen molar-refractivity contribution in [2.75, 3.05) is 6.26 Å². The highest BCUT2D eigenvalue weighted by Crippen LogP contribution is 2.37. The predicted octanol–water partition coefficient (Wildman–Crippen LogP) is 5.37. The fraction of sp³-hybridized carbons (Fsp3) is 0.364. The lowest BCUT2D eigenvalue weighted by atomic mass is 10.1. The van der Waals surface area contributed by atoms with E-state index in [0.29, 0.717) is 38.2 Å². The van der Waals surface area contributed by atoms with Crippen molar-refractivity contribution < 1.29 is 44.3 Å². The summed E-state index contributed by atoms with van der Waals surface area (Å²) >= 11 is 0. The molecule has 2 aromatic rings. The third-order valence-electron chi connectivity index (χ3n) is 5.05. The number of carbonyl (C=O) groups is 1. The number of nitrogens with zero attached hydrogens (tertiary/aromatic N) is 1. The highest BCUT2D eigenvalue weighted by Gasteiger charge is 2.35. The molecule has 6 nitrogen and oxygen atoms in total. The number of amides is 1. The van der Waals surface area contributed by atoms with Crippen molar-refractivity contribution >= 4 is 15.7 Å². The van der Waals surface area contributed by atoms with Crippen molar-refractivity contribution in [1.29, 1.82) is 0 Å². The molecule has 1 aliphatic carbocycles. The third kappa shape index (κ3) is 6.96. The molecule has 0 unspecified atom stereocenters. The summed E-state index contributed by atoms with van der Waals surface area (Å²) in [5, 5.41) is 1.000. The monoisotopic (exact) mass is 522 g/mol. The van der Waals surface area contributed by atoms with E-state index >= 15 is 0 Å². The van der Waals surface area contributed by atoms with Crippen LogP contribution in [0.3, 0.4) is 0 Å². The van der Waals surface area contributed by atoms with Crippen molar-refractivity contribution in [1.82, 2.24) is 10.3 Å². The zero-order chi connectivity index (χ0) is 26.2. The molecule has 1 heterocycles. The molecule has 1 atom stereocenters. The van der Waals surface area contributed by atoms with Crippen LogP contribution in [0.4, 0.5) is 26.3 Å². The maximum atomic E-state index is 14.1. The van der Waals surface area contributed by atoms with Crippen LogP contribution in [-0.2, 0) is 21.9 Å². The second-order valence-electron chi connectivity index (χ2n) is 8.14. The second kappa shape index (κ2) is 9.51. The van der Waals surface area contributed by atoms with E-state index in [0.717, 1.165) is 30.3 Å². The molecule has 1 aromatic carbocycles. The normalized spacial score (nSPS) is 16.1. The number of rotatable bonds is 8. The van der Waals surface area contributed by atoms with E-state index in [9.17, 15) is 39.6 Å². The van der Waals surface area contributed by atoms with Crippen LogP contribution in [0.2, 0.25) is 0 Å². The number of aromatic nitrogens is 1. The highest BCUT2D eigenvalue weighted by molar-refractivity contribution is 7.94. The fourth-order valence-electron chi connectivity index (χ4n) is 3.04. The van der Waals surface area contributed by atoms with Crippen molar-refractivity contribution in [2.24, 2.45) is 5.92 Å². The van der Waals surface area contributed by atoms with Gasteiger partial charge in [-0.25, -0.2) is 22.2 Å². The number of ether oxygens (including phenoxy) is 1. The molecule has 1 saturated carbocycles. The Hall–Kier alpha value is -3.09. The van der Waals surface area contributed by atoms with Crippen molar-refractivity contribution in [3.8, 4) is 11.6 Å². The summed E-state index contributed by atoms with van der Waals surface area (Å²) in [6, 6.07) is 4.08. The number of hydrogen-bond acceptors (Lipinski definition) is 5. The molecule has 3 rings (SSSR count). The minimum Gasteiger partial charge on any atom is -0.438 e. The van der Waals surface area contributed by atoms with Crippen LogP contribution < -0.4 is 10.1 Å². The largest absolute Gasteiger partial charge is 0.438 e. The second-order valence-corrected chi connectivity index (χ2v) is 10.1. The van der Waals surface area contributed by atoms with Crippen LogP contribution in [0.1, 0.15) is 41.4 Å². The van der Waals surface area contributed by atoms with E-state index in [1.54, 1.807) is 0 Å². The third-order valence-corrected chi connectivity index (χ3v) is 5.90. The van der Waals surface area contributed by atoms with Gasteiger partial charge in [-0.05, 0) is 61.2 Å². The highest BCUT2D eigenvalue weighted by atomic mass is 32.2. The molecule has 0 aliphatic heterocycles. The number of carbonyl (C=O) groups excluding carboxylic acids is 1. The van der Waals surface area contributed by atoms with Gasteiger partial charge in [0.1, 0.15) is 11.4 Å². The number of pyridine rings is 1. The summed E-state index contributed by atoms with van der Waals surface area (Å²) in [6.07, 6.45) is -1.97. The van der Waals surface area contributed by atoms with Gasteiger partial charge >= 0.3 is 6.18 Å². The zero-order valence-electron chi connectivity index (χ0n) is 18.4. The van der Waals surface area contributed by atoms with Gasteiger partial charge in [0, 0.05) is 13.2 Å². The van der Waals surface area contributed by atoms with Crippen LogP contribution >= 0.6 is 0 Å². The van der Waals surface area contributed by atoms with Crippen molar-refractivity contribution in [3.63, 3.8) is 0 Å². The first-order chi connectivity index (χ1) is 16.1. The fourth-order valence-corrected chi connectivity index (χ4v) is 3.44. The van der Waals surface area contributed by atoms with E-state index < -0.39 is 61.7 Å². The lowest BCUT2D eigenvalue weighted by Gasteiger charge is -2.18. The molecular weight excluding hydrogens is 502 g/mol. The minimum absolute atomic E-state index is 0.214. The van der Waals surface area contributed by atoms with E-state index in [1.807, 2.05) is 0 Å². The summed E-state index contributed by atoms with van der Waals surface area (Å²) in [5.74, 6) is -5.55. The van der Waals surface area contributed by atoms with Crippen LogP contribution in [0.5, 0.6) is 11.6 Å². The van der Waals surface area contributed by atoms with Crippen LogP contribution in [0, 0.1) is 5.92 Å². The molecule has 1 aromatic heterocycles. The maximum Gasteiger partial charge on any atom is 0.416 e. The summed E-state index contributed by atoms with van der Waals surface area (Å²) in [6.45, 7) is 0.547. The van der Waals surface area contributed by atoms with Gasteiger partial charge in [0.25, 0.3) is 11.8 Å². The van der Waals surface area contributed by atoms with E-state index in [-0.39, 0.29) is 11.7 Å². The number of benzene rings is 1. The Morgan fingerprint density at radius 2 is 1.71 bits per heavy atom. The molecule has 0 bridgehead atoms. The Morgan fingerprint density at radius 1 is 1.11 bits per heavy atom. The molecule has 35 heavy (non-hydrogen) atoms. The maximum absolute atomic E-state index is 14.1. The molecule has 0 saturated heterocycles. The SMILES string of the molecule is CC(F)(F)c1ccc(C(=O)N[C@H](/C=C(\F)S(C)(=O)=O)C2CC2)nc1Oc1ccc(C(F)(F)F)cc1. The quantitative estimate of drug-likeness (QED) is 0.472. The molecule has 1 fully saturated rings.